The molecule has 0 radical (unpaired) electrons. The van der Waals surface area contributed by atoms with E-state index in [0.717, 1.165) is 4.90 Å². The molecule has 15 heavy (non-hydrogen) atoms. The molecule has 1 rings (SSSR count). The Bertz CT molecular complexity index is 351. The van der Waals surface area contributed by atoms with Gasteiger partial charge in [-0.05, 0) is 30.5 Å². The van der Waals surface area contributed by atoms with Crippen LogP contribution < -0.4 is 4.74 Å². The Morgan fingerprint density at radius 2 is 1.93 bits per heavy atom. The Morgan fingerprint density at radius 1 is 1.40 bits per heavy atom. The maximum absolute atomic E-state index is 12.6. The van der Waals surface area contributed by atoms with Crippen LogP contribution in [-0.4, -0.2) is 23.4 Å². The first-order chi connectivity index (χ1) is 6.95. The first-order valence-electron chi connectivity index (χ1n) is 3.90. The number of carboxylic acid groups (broad SMARTS) is 1. The number of carboxylic acids is 1. The highest BCUT2D eigenvalue weighted by Gasteiger charge is 2.42. The molecule has 3 nitrogen and oxygen atoms in total. The Kier molecular flexibility index (Phi) is 3.52. The zero-order valence-corrected chi connectivity index (χ0v) is 8.55. The molecule has 0 spiro atoms. The molecular formula is C9H8F2O3S. The average molecular weight is 234 g/mol. The van der Waals surface area contributed by atoms with Crippen molar-refractivity contribution < 1.29 is 23.4 Å². The normalized spacial score (nSPS) is 11.1. The molecular weight excluding hydrogens is 226 g/mol. The maximum Gasteiger partial charge on any atom is 0.501 e. The van der Waals surface area contributed by atoms with Gasteiger partial charge in [-0.25, -0.2) is 4.79 Å². The number of benzene rings is 1. The van der Waals surface area contributed by atoms with Crippen molar-refractivity contribution in [2.24, 2.45) is 0 Å². The Hall–Kier alpha value is -1.30. The number of rotatable bonds is 4. The highest BCUT2D eigenvalue weighted by molar-refractivity contribution is 7.98. The predicted molar refractivity (Wildman–Crippen MR) is 51.4 cm³/mol. The van der Waals surface area contributed by atoms with Gasteiger partial charge in [0, 0.05) is 4.90 Å². The number of alkyl halides is 2. The quantitative estimate of drug-likeness (QED) is 0.813. The van der Waals surface area contributed by atoms with Gasteiger partial charge in [-0.3, -0.25) is 0 Å². The smallest absolute Gasteiger partial charge is 0.474 e. The highest BCUT2D eigenvalue weighted by Crippen LogP contribution is 2.24. The second-order valence-corrected chi connectivity index (χ2v) is 3.48. The molecule has 1 aromatic rings. The van der Waals surface area contributed by atoms with Crippen LogP contribution in [0.5, 0.6) is 5.75 Å². The third kappa shape index (κ3) is 3.09. The number of carbonyl (C=O) groups is 1. The van der Waals surface area contributed by atoms with Gasteiger partial charge in [0.1, 0.15) is 5.75 Å². The summed E-state index contributed by atoms with van der Waals surface area (Å²) in [5.41, 5.74) is 0. The van der Waals surface area contributed by atoms with Gasteiger partial charge in [0.05, 0.1) is 0 Å². The van der Waals surface area contributed by atoms with E-state index in [1.165, 1.54) is 23.9 Å². The lowest BCUT2D eigenvalue weighted by atomic mass is 10.3. The van der Waals surface area contributed by atoms with Crippen molar-refractivity contribution >= 4 is 17.7 Å². The summed E-state index contributed by atoms with van der Waals surface area (Å²) in [5, 5.41) is 8.12. The zero-order valence-electron chi connectivity index (χ0n) is 7.74. The van der Waals surface area contributed by atoms with Gasteiger partial charge in [-0.1, -0.05) is 0 Å². The van der Waals surface area contributed by atoms with Crippen molar-refractivity contribution in [3.63, 3.8) is 0 Å². The minimum atomic E-state index is -4.19. The monoisotopic (exact) mass is 234 g/mol. The molecule has 6 heteroatoms. The maximum atomic E-state index is 12.6. The lowest BCUT2D eigenvalue weighted by Gasteiger charge is -2.13. The largest absolute Gasteiger partial charge is 0.501 e. The summed E-state index contributed by atoms with van der Waals surface area (Å²) in [7, 11) is 0. The van der Waals surface area contributed by atoms with Crippen molar-refractivity contribution in [3.8, 4) is 5.75 Å². The molecule has 0 saturated carbocycles. The van der Waals surface area contributed by atoms with Crippen molar-refractivity contribution in [1.29, 1.82) is 0 Å². The van der Waals surface area contributed by atoms with E-state index < -0.39 is 12.1 Å². The van der Waals surface area contributed by atoms with Gasteiger partial charge >= 0.3 is 12.1 Å². The Morgan fingerprint density at radius 3 is 2.33 bits per heavy atom. The van der Waals surface area contributed by atoms with Crippen LogP contribution in [-0.2, 0) is 4.79 Å². The third-order valence-corrected chi connectivity index (χ3v) is 2.30. The molecule has 0 amide bonds. The summed E-state index contributed by atoms with van der Waals surface area (Å²) in [5.74, 6) is -2.49. The van der Waals surface area contributed by atoms with Gasteiger partial charge in [0.15, 0.2) is 0 Å². The predicted octanol–water partition coefficient (Wildman–Crippen LogP) is 2.46. The van der Waals surface area contributed by atoms with Crippen LogP contribution in [0.2, 0.25) is 0 Å². The molecule has 0 saturated heterocycles. The summed E-state index contributed by atoms with van der Waals surface area (Å²) in [6.07, 6.45) is -2.36. The zero-order chi connectivity index (χ0) is 11.5. The summed E-state index contributed by atoms with van der Waals surface area (Å²) < 4.78 is 29.2. The van der Waals surface area contributed by atoms with Crippen molar-refractivity contribution in [2.75, 3.05) is 6.26 Å². The van der Waals surface area contributed by atoms with Gasteiger partial charge in [-0.15, -0.1) is 11.8 Å². The fourth-order valence-electron chi connectivity index (χ4n) is 0.835. The fraction of sp³-hybridized carbons (Fsp3) is 0.222. The summed E-state index contributed by atoms with van der Waals surface area (Å²) >= 11 is 1.44. The first-order valence-corrected chi connectivity index (χ1v) is 5.12. The Balaban J connectivity index is 2.77. The van der Waals surface area contributed by atoms with E-state index >= 15 is 0 Å². The molecule has 1 aromatic carbocycles. The summed E-state index contributed by atoms with van der Waals surface area (Å²) in [6, 6.07) is 5.72. The molecule has 0 aliphatic carbocycles. The number of hydrogen-bond acceptors (Lipinski definition) is 3. The molecule has 82 valence electrons. The van der Waals surface area contributed by atoms with E-state index in [1.807, 2.05) is 6.26 Å². The van der Waals surface area contributed by atoms with Crippen molar-refractivity contribution in [1.82, 2.24) is 0 Å². The second kappa shape index (κ2) is 4.48. The van der Waals surface area contributed by atoms with Gasteiger partial charge in [0.2, 0.25) is 0 Å². The van der Waals surface area contributed by atoms with Crippen LogP contribution in [0.3, 0.4) is 0 Å². The van der Waals surface area contributed by atoms with Gasteiger partial charge < -0.3 is 9.84 Å². The fourth-order valence-corrected chi connectivity index (χ4v) is 1.24. The van der Waals surface area contributed by atoms with E-state index in [1.54, 1.807) is 12.1 Å². The molecule has 0 fully saturated rings. The number of aliphatic carboxylic acids is 1. The van der Waals surface area contributed by atoms with E-state index in [0.29, 0.717) is 0 Å². The second-order valence-electron chi connectivity index (χ2n) is 2.60. The van der Waals surface area contributed by atoms with Crippen LogP contribution in [0.4, 0.5) is 8.78 Å². The van der Waals surface area contributed by atoms with Crippen LogP contribution >= 0.6 is 11.8 Å². The Labute approximate surface area is 89.0 Å². The van der Waals surface area contributed by atoms with E-state index in [9.17, 15) is 13.6 Å². The van der Waals surface area contributed by atoms with Gasteiger partial charge in [-0.2, -0.15) is 8.78 Å². The van der Waals surface area contributed by atoms with Crippen LogP contribution in [0.15, 0.2) is 29.2 Å². The van der Waals surface area contributed by atoms with E-state index in [4.69, 9.17) is 5.11 Å². The first kappa shape index (κ1) is 11.8. The van der Waals surface area contributed by atoms with Gasteiger partial charge in [0.25, 0.3) is 0 Å². The summed E-state index contributed by atoms with van der Waals surface area (Å²) in [4.78, 5) is 10.9. The molecule has 0 aliphatic heterocycles. The molecule has 0 atom stereocenters. The number of halogens is 2. The molecule has 0 aromatic heterocycles. The average Bonchev–Trinajstić information content (AvgIpc) is 2.18. The molecule has 0 aliphatic rings. The standard InChI is InChI=1S/C9H8F2O3S/c1-15-7-4-2-6(3-5-7)14-9(10,11)8(12)13/h2-5H,1H3,(H,12,13). The van der Waals surface area contributed by atoms with Crippen LogP contribution in [0, 0.1) is 0 Å². The third-order valence-electron chi connectivity index (χ3n) is 1.55. The highest BCUT2D eigenvalue weighted by atomic mass is 32.2. The van der Waals surface area contributed by atoms with E-state index in [-0.39, 0.29) is 5.75 Å². The SMILES string of the molecule is CSc1ccc(OC(F)(F)C(=O)O)cc1. The van der Waals surface area contributed by atoms with Crippen molar-refractivity contribution in [2.45, 2.75) is 11.0 Å². The molecule has 0 heterocycles. The minimum absolute atomic E-state index is 0.180. The lowest BCUT2D eigenvalue weighted by Crippen LogP contribution is -2.34. The number of thioether (sulfide) groups is 1. The lowest BCUT2D eigenvalue weighted by molar-refractivity contribution is -0.210. The number of ether oxygens (including phenoxy) is 1. The van der Waals surface area contributed by atoms with Crippen LogP contribution in [0.25, 0.3) is 0 Å². The molecule has 0 unspecified atom stereocenters. The van der Waals surface area contributed by atoms with E-state index in [2.05, 4.69) is 4.74 Å². The van der Waals surface area contributed by atoms with Crippen molar-refractivity contribution in [3.05, 3.63) is 24.3 Å². The molecule has 0 bridgehead atoms. The minimum Gasteiger partial charge on any atom is -0.474 e. The van der Waals surface area contributed by atoms with Crippen LogP contribution in [0.1, 0.15) is 0 Å². The molecule has 1 N–H and O–H groups in total. The topological polar surface area (TPSA) is 46.5 Å². The summed E-state index contributed by atoms with van der Waals surface area (Å²) in [6.45, 7) is 0. The number of hydrogen-bond donors (Lipinski definition) is 1.